The molecule has 0 saturated carbocycles. The molecule has 1 fully saturated rings. The Morgan fingerprint density at radius 1 is 1.10 bits per heavy atom. The van der Waals surface area contributed by atoms with Crippen LogP contribution >= 0.6 is 11.8 Å². The lowest BCUT2D eigenvalue weighted by atomic mass is 10.1. The number of oxazole rings is 1. The van der Waals surface area contributed by atoms with E-state index in [2.05, 4.69) is 4.98 Å². The van der Waals surface area contributed by atoms with Crippen molar-refractivity contribution < 1.29 is 17.6 Å². The Kier molecular flexibility index (Phi) is 5.76. The Morgan fingerprint density at radius 3 is 2.55 bits per heavy atom. The van der Waals surface area contributed by atoms with E-state index in [0.29, 0.717) is 35.0 Å². The number of ketones is 1. The number of fused-ring (bicyclic) bond motifs is 1. The molecule has 4 rings (SSSR count). The number of hydrogen-bond donors (Lipinski definition) is 0. The largest absolute Gasteiger partial charge is 0.431 e. The van der Waals surface area contributed by atoms with Crippen molar-refractivity contribution in [1.82, 2.24) is 9.29 Å². The van der Waals surface area contributed by atoms with Gasteiger partial charge in [-0.25, -0.2) is 13.4 Å². The van der Waals surface area contributed by atoms with Gasteiger partial charge >= 0.3 is 0 Å². The van der Waals surface area contributed by atoms with Crippen molar-refractivity contribution in [2.45, 2.75) is 36.3 Å². The van der Waals surface area contributed by atoms with Crippen molar-refractivity contribution in [3.63, 3.8) is 0 Å². The van der Waals surface area contributed by atoms with E-state index in [1.807, 2.05) is 31.2 Å². The summed E-state index contributed by atoms with van der Waals surface area (Å²) in [6.45, 7) is 3.09. The number of hydrogen-bond acceptors (Lipinski definition) is 6. The third-order valence-electron chi connectivity index (χ3n) is 4.99. The number of thioether (sulfide) groups is 1. The van der Waals surface area contributed by atoms with E-state index < -0.39 is 10.0 Å². The normalized spacial score (nSPS) is 15.6. The summed E-state index contributed by atoms with van der Waals surface area (Å²) >= 11 is 1.21. The number of aromatic nitrogens is 1. The van der Waals surface area contributed by atoms with Gasteiger partial charge in [0.15, 0.2) is 11.4 Å². The van der Waals surface area contributed by atoms with Gasteiger partial charge in [0.25, 0.3) is 5.22 Å². The fourth-order valence-electron chi connectivity index (χ4n) is 3.31. The molecule has 0 bridgehead atoms. The summed E-state index contributed by atoms with van der Waals surface area (Å²) in [7, 11) is -3.52. The summed E-state index contributed by atoms with van der Waals surface area (Å²) < 4.78 is 32.9. The minimum Gasteiger partial charge on any atom is -0.431 e. The average Bonchev–Trinajstić information content (AvgIpc) is 3.15. The maximum Gasteiger partial charge on any atom is 0.257 e. The van der Waals surface area contributed by atoms with E-state index in [1.165, 1.54) is 16.1 Å². The number of carbonyl (C=O) groups is 1. The number of rotatable bonds is 6. The topological polar surface area (TPSA) is 80.5 Å². The Balaban J connectivity index is 1.49. The van der Waals surface area contributed by atoms with Crippen molar-refractivity contribution in [1.29, 1.82) is 0 Å². The fourth-order valence-corrected chi connectivity index (χ4v) is 5.58. The fraction of sp³-hybridized carbons (Fsp3) is 0.333. The molecular weight excluding hydrogens is 408 g/mol. The van der Waals surface area contributed by atoms with Gasteiger partial charge in [0.05, 0.1) is 10.6 Å². The summed E-state index contributed by atoms with van der Waals surface area (Å²) in [6, 6.07) is 12.2. The molecule has 0 amide bonds. The molecule has 1 aliphatic heterocycles. The molecule has 0 aliphatic carbocycles. The van der Waals surface area contributed by atoms with Gasteiger partial charge in [0, 0.05) is 18.7 Å². The van der Waals surface area contributed by atoms with E-state index in [1.54, 1.807) is 18.2 Å². The number of Topliss-reactive ketones (excluding diaryl/α,β-unsaturated/α-hetero) is 1. The quantitative estimate of drug-likeness (QED) is 0.429. The number of sulfonamides is 1. The molecule has 29 heavy (non-hydrogen) atoms. The number of nitrogens with zero attached hydrogens (tertiary/aromatic N) is 2. The Labute approximate surface area is 174 Å². The molecule has 1 saturated heterocycles. The maximum atomic E-state index is 12.9. The van der Waals surface area contributed by atoms with Crippen molar-refractivity contribution in [2.75, 3.05) is 18.8 Å². The zero-order valence-electron chi connectivity index (χ0n) is 16.1. The van der Waals surface area contributed by atoms with Crippen LogP contribution in [-0.2, 0) is 10.0 Å². The van der Waals surface area contributed by atoms with Crippen molar-refractivity contribution in [3.8, 4) is 0 Å². The lowest BCUT2D eigenvalue weighted by molar-refractivity contribution is 0.102. The van der Waals surface area contributed by atoms with E-state index in [4.69, 9.17) is 4.42 Å². The predicted octanol–water partition coefficient (Wildman–Crippen LogP) is 4.29. The molecule has 0 spiro atoms. The van der Waals surface area contributed by atoms with Gasteiger partial charge < -0.3 is 4.42 Å². The highest BCUT2D eigenvalue weighted by molar-refractivity contribution is 7.99. The SMILES string of the molecule is Cc1ccc(C(=O)CSc2nc3cc(S(=O)(=O)N4CCCCC4)ccc3o2)cc1. The lowest BCUT2D eigenvalue weighted by Gasteiger charge is -2.25. The van der Waals surface area contributed by atoms with Crippen LogP contribution in [-0.4, -0.2) is 42.3 Å². The second-order valence-electron chi connectivity index (χ2n) is 7.15. The minimum absolute atomic E-state index is 0.00868. The van der Waals surface area contributed by atoms with Crippen LogP contribution in [0, 0.1) is 6.92 Å². The van der Waals surface area contributed by atoms with E-state index in [0.717, 1.165) is 24.8 Å². The second-order valence-corrected chi connectivity index (χ2v) is 10.0. The zero-order chi connectivity index (χ0) is 20.4. The standard InChI is InChI=1S/C21H22N2O4S2/c1-15-5-7-16(8-6-15)19(24)14-28-21-22-18-13-17(9-10-20(18)27-21)29(25,26)23-11-3-2-4-12-23/h5-10,13H,2-4,11-12,14H2,1H3. The molecule has 6 nitrogen and oxygen atoms in total. The molecule has 2 aromatic carbocycles. The first-order valence-corrected chi connectivity index (χ1v) is 12.0. The average molecular weight is 431 g/mol. The number of benzene rings is 2. The minimum atomic E-state index is -3.52. The van der Waals surface area contributed by atoms with Crippen LogP contribution in [0.25, 0.3) is 11.1 Å². The van der Waals surface area contributed by atoms with Crippen molar-refractivity contribution in [2.24, 2.45) is 0 Å². The van der Waals surface area contributed by atoms with Gasteiger partial charge in [0.2, 0.25) is 10.0 Å². The van der Waals surface area contributed by atoms with Gasteiger partial charge in [-0.1, -0.05) is 48.0 Å². The van der Waals surface area contributed by atoms with Gasteiger partial charge in [-0.15, -0.1) is 0 Å². The van der Waals surface area contributed by atoms with Gasteiger partial charge in [0.1, 0.15) is 5.52 Å². The molecule has 0 N–H and O–H groups in total. The monoisotopic (exact) mass is 430 g/mol. The van der Waals surface area contributed by atoms with Crippen LogP contribution in [0.1, 0.15) is 35.2 Å². The third kappa shape index (κ3) is 4.39. The van der Waals surface area contributed by atoms with E-state index in [9.17, 15) is 13.2 Å². The van der Waals surface area contributed by atoms with E-state index >= 15 is 0 Å². The van der Waals surface area contributed by atoms with Gasteiger partial charge in [-0.2, -0.15) is 4.31 Å². The molecule has 1 aromatic heterocycles. The third-order valence-corrected chi connectivity index (χ3v) is 7.72. The Bertz CT molecular complexity index is 1130. The highest BCUT2D eigenvalue weighted by Gasteiger charge is 2.26. The van der Waals surface area contributed by atoms with Crippen molar-refractivity contribution >= 4 is 38.7 Å². The molecule has 2 heterocycles. The molecule has 1 aliphatic rings. The summed E-state index contributed by atoms with van der Waals surface area (Å²) in [4.78, 5) is 16.9. The Hall–Kier alpha value is -2.16. The summed E-state index contributed by atoms with van der Waals surface area (Å²) in [5.41, 5.74) is 2.74. The maximum absolute atomic E-state index is 12.9. The highest BCUT2D eigenvalue weighted by atomic mass is 32.2. The van der Waals surface area contributed by atoms with Crippen LogP contribution < -0.4 is 0 Å². The first-order valence-electron chi connectivity index (χ1n) is 9.57. The second kappa shape index (κ2) is 8.30. The molecule has 0 unspecified atom stereocenters. The zero-order valence-corrected chi connectivity index (χ0v) is 17.8. The lowest BCUT2D eigenvalue weighted by Crippen LogP contribution is -2.35. The summed E-state index contributed by atoms with van der Waals surface area (Å²) in [6.07, 6.45) is 2.85. The summed E-state index contributed by atoms with van der Waals surface area (Å²) in [5.74, 6) is 0.195. The number of aryl methyl sites for hydroxylation is 1. The predicted molar refractivity (Wildman–Crippen MR) is 113 cm³/mol. The molecule has 152 valence electrons. The van der Waals surface area contributed by atoms with Gasteiger partial charge in [-0.05, 0) is 38.0 Å². The van der Waals surface area contributed by atoms with Crippen LogP contribution in [0.3, 0.4) is 0 Å². The van der Waals surface area contributed by atoms with Crippen LogP contribution in [0.15, 0.2) is 57.0 Å². The van der Waals surface area contributed by atoms with E-state index in [-0.39, 0.29) is 16.4 Å². The highest BCUT2D eigenvalue weighted by Crippen LogP contribution is 2.28. The first kappa shape index (κ1) is 20.1. The van der Waals surface area contributed by atoms with Crippen LogP contribution in [0.2, 0.25) is 0 Å². The van der Waals surface area contributed by atoms with Crippen LogP contribution in [0.5, 0.6) is 0 Å². The Morgan fingerprint density at radius 2 is 1.83 bits per heavy atom. The van der Waals surface area contributed by atoms with Gasteiger partial charge in [-0.3, -0.25) is 4.79 Å². The number of piperidine rings is 1. The molecule has 0 radical (unpaired) electrons. The van der Waals surface area contributed by atoms with Crippen molar-refractivity contribution in [3.05, 3.63) is 53.6 Å². The molecular formula is C21H22N2O4S2. The first-order chi connectivity index (χ1) is 13.9. The molecule has 3 aromatic rings. The molecule has 8 heteroatoms. The van der Waals surface area contributed by atoms with Crippen LogP contribution in [0.4, 0.5) is 0 Å². The number of carbonyl (C=O) groups excluding carboxylic acids is 1. The molecule has 0 atom stereocenters. The smallest absolute Gasteiger partial charge is 0.257 e. The summed E-state index contributed by atoms with van der Waals surface area (Å²) in [5, 5.41) is 0.355.